The standard InChI is InChI=1S/C17H22N2O4S/c1-13(2)19(3)24(21,22)16-9-6-14(7-10-16)18-17(20)11-8-15-5-4-12-23-15/h4-7,9-10,12-13H,8,11H2,1-3H3,(H,18,20). The molecule has 0 fully saturated rings. The molecular weight excluding hydrogens is 328 g/mol. The van der Waals surface area contributed by atoms with Crippen LogP contribution in [0.25, 0.3) is 0 Å². The Hall–Kier alpha value is -2.12. The first-order chi connectivity index (χ1) is 11.3. The van der Waals surface area contributed by atoms with Crippen LogP contribution in [-0.4, -0.2) is 31.7 Å². The summed E-state index contributed by atoms with van der Waals surface area (Å²) in [5, 5.41) is 2.75. The fraction of sp³-hybridized carbons (Fsp3) is 0.353. The number of amides is 1. The topological polar surface area (TPSA) is 79.6 Å². The summed E-state index contributed by atoms with van der Waals surface area (Å²) >= 11 is 0. The largest absolute Gasteiger partial charge is 0.469 e. The molecule has 0 saturated carbocycles. The van der Waals surface area contributed by atoms with Crippen molar-refractivity contribution < 1.29 is 17.6 Å². The minimum Gasteiger partial charge on any atom is -0.469 e. The van der Waals surface area contributed by atoms with E-state index in [0.29, 0.717) is 18.5 Å². The third-order valence-electron chi connectivity index (χ3n) is 3.72. The first-order valence-electron chi connectivity index (χ1n) is 7.71. The Kier molecular flexibility index (Phi) is 5.80. The zero-order chi connectivity index (χ0) is 17.7. The van der Waals surface area contributed by atoms with Gasteiger partial charge in [0.05, 0.1) is 11.2 Å². The van der Waals surface area contributed by atoms with Crippen LogP contribution in [-0.2, 0) is 21.2 Å². The Morgan fingerprint density at radius 1 is 1.21 bits per heavy atom. The molecular formula is C17H22N2O4S. The molecule has 2 aromatic rings. The molecule has 1 N–H and O–H groups in total. The van der Waals surface area contributed by atoms with E-state index in [1.165, 1.54) is 16.4 Å². The van der Waals surface area contributed by atoms with Crippen LogP contribution in [0, 0.1) is 0 Å². The molecule has 0 spiro atoms. The van der Waals surface area contributed by atoms with Crippen molar-refractivity contribution in [2.75, 3.05) is 12.4 Å². The summed E-state index contributed by atoms with van der Waals surface area (Å²) in [5.74, 6) is 0.601. The number of furan rings is 1. The molecule has 0 unspecified atom stereocenters. The Bertz CT molecular complexity index is 765. The second-order valence-corrected chi connectivity index (χ2v) is 7.76. The summed E-state index contributed by atoms with van der Waals surface area (Å²) in [4.78, 5) is 12.1. The van der Waals surface area contributed by atoms with Crippen molar-refractivity contribution in [1.82, 2.24) is 4.31 Å². The minimum atomic E-state index is -3.52. The number of anilines is 1. The Labute approximate surface area is 142 Å². The fourth-order valence-corrected chi connectivity index (χ4v) is 3.44. The van der Waals surface area contributed by atoms with Gasteiger partial charge < -0.3 is 9.73 Å². The first kappa shape index (κ1) is 18.2. The molecule has 6 nitrogen and oxygen atoms in total. The highest BCUT2D eigenvalue weighted by atomic mass is 32.2. The van der Waals surface area contributed by atoms with Crippen molar-refractivity contribution in [1.29, 1.82) is 0 Å². The summed E-state index contributed by atoms with van der Waals surface area (Å²) in [6, 6.07) is 9.64. The maximum absolute atomic E-state index is 12.4. The van der Waals surface area contributed by atoms with Crippen LogP contribution in [0.4, 0.5) is 5.69 Å². The van der Waals surface area contributed by atoms with Gasteiger partial charge in [-0.2, -0.15) is 4.31 Å². The van der Waals surface area contributed by atoms with Crippen molar-refractivity contribution in [3.8, 4) is 0 Å². The minimum absolute atomic E-state index is 0.129. The van der Waals surface area contributed by atoms with Gasteiger partial charge in [0.2, 0.25) is 15.9 Å². The number of benzene rings is 1. The van der Waals surface area contributed by atoms with E-state index in [4.69, 9.17) is 4.42 Å². The monoisotopic (exact) mass is 350 g/mol. The average Bonchev–Trinajstić information content (AvgIpc) is 3.06. The molecule has 0 aliphatic carbocycles. The summed E-state index contributed by atoms with van der Waals surface area (Å²) < 4.78 is 31.2. The van der Waals surface area contributed by atoms with Gasteiger partial charge in [0, 0.05) is 31.6 Å². The van der Waals surface area contributed by atoms with Gasteiger partial charge in [-0.1, -0.05) is 0 Å². The molecule has 1 aromatic carbocycles. The molecule has 1 amide bonds. The molecule has 0 aliphatic rings. The molecule has 0 atom stereocenters. The zero-order valence-electron chi connectivity index (χ0n) is 14.0. The lowest BCUT2D eigenvalue weighted by atomic mass is 10.2. The highest BCUT2D eigenvalue weighted by Crippen LogP contribution is 2.19. The number of hydrogen-bond acceptors (Lipinski definition) is 4. The zero-order valence-corrected chi connectivity index (χ0v) is 14.8. The van der Waals surface area contributed by atoms with E-state index in [1.54, 1.807) is 31.5 Å². The molecule has 24 heavy (non-hydrogen) atoms. The lowest BCUT2D eigenvalue weighted by Crippen LogP contribution is -2.33. The maximum atomic E-state index is 12.4. The first-order valence-corrected chi connectivity index (χ1v) is 9.15. The lowest BCUT2D eigenvalue weighted by Gasteiger charge is -2.21. The van der Waals surface area contributed by atoms with Crippen LogP contribution in [0.1, 0.15) is 26.0 Å². The number of rotatable bonds is 7. The molecule has 1 heterocycles. The quantitative estimate of drug-likeness (QED) is 0.833. The lowest BCUT2D eigenvalue weighted by molar-refractivity contribution is -0.116. The smallest absolute Gasteiger partial charge is 0.243 e. The number of sulfonamides is 1. The summed E-state index contributed by atoms with van der Waals surface area (Å²) in [6.07, 6.45) is 2.38. The van der Waals surface area contributed by atoms with Gasteiger partial charge in [-0.15, -0.1) is 0 Å². The van der Waals surface area contributed by atoms with E-state index in [2.05, 4.69) is 5.32 Å². The molecule has 1 aromatic heterocycles. The van der Waals surface area contributed by atoms with Gasteiger partial charge in [-0.05, 0) is 50.2 Å². The molecule has 130 valence electrons. The number of nitrogens with one attached hydrogen (secondary N) is 1. The predicted molar refractivity (Wildman–Crippen MR) is 92.2 cm³/mol. The Morgan fingerprint density at radius 2 is 1.88 bits per heavy atom. The van der Waals surface area contributed by atoms with E-state index in [1.807, 2.05) is 19.9 Å². The van der Waals surface area contributed by atoms with E-state index in [9.17, 15) is 13.2 Å². The van der Waals surface area contributed by atoms with Crippen LogP contribution in [0.3, 0.4) is 0 Å². The summed E-state index contributed by atoms with van der Waals surface area (Å²) in [7, 11) is -1.97. The molecule has 7 heteroatoms. The summed E-state index contributed by atoms with van der Waals surface area (Å²) in [6.45, 7) is 3.62. The van der Waals surface area contributed by atoms with Crippen LogP contribution in [0.5, 0.6) is 0 Å². The van der Waals surface area contributed by atoms with Crippen LogP contribution < -0.4 is 5.32 Å². The van der Waals surface area contributed by atoms with Crippen molar-refractivity contribution in [2.24, 2.45) is 0 Å². The number of carbonyl (C=O) groups is 1. The van der Waals surface area contributed by atoms with Gasteiger partial charge in [0.1, 0.15) is 5.76 Å². The highest BCUT2D eigenvalue weighted by Gasteiger charge is 2.22. The third-order valence-corrected chi connectivity index (χ3v) is 5.77. The molecule has 0 bridgehead atoms. The highest BCUT2D eigenvalue weighted by molar-refractivity contribution is 7.89. The normalized spacial score (nSPS) is 11.9. The van der Waals surface area contributed by atoms with Crippen molar-refractivity contribution in [2.45, 2.75) is 37.6 Å². The van der Waals surface area contributed by atoms with Crippen LogP contribution >= 0.6 is 0 Å². The number of carbonyl (C=O) groups excluding carboxylic acids is 1. The van der Waals surface area contributed by atoms with E-state index < -0.39 is 10.0 Å². The predicted octanol–water partition coefficient (Wildman–Crippen LogP) is 2.88. The maximum Gasteiger partial charge on any atom is 0.243 e. The van der Waals surface area contributed by atoms with Crippen LogP contribution in [0.15, 0.2) is 52.0 Å². The number of hydrogen-bond donors (Lipinski definition) is 1. The second-order valence-electron chi connectivity index (χ2n) is 5.77. The SMILES string of the molecule is CC(C)N(C)S(=O)(=O)c1ccc(NC(=O)CCc2ccco2)cc1. The van der Waals surface area contributed by atoms with E-state index >= 15 is 0 Å². The van der Waals surface area contributed by atoms with E-state index in [-0.39, 0.29) is 16.8 Å². The number of nitrogens with zero attached hydrogens (tertiary/aromatic N) is 1. The van der Waals surface area contributed by atoms with Crippen LogP contribution in [0.2, 0.25) is 0 Å². The molecule has 0 aliphatic heterocycles. The van der Waals surface area contributed by atoms with Gasteiger partial charge in [-0.3, -0.25) is 4.79 Å². The van der Waals surface area contributed by atoms with Crippen molar-refractivity contribution in [3.63, 3.8) is 0 Å². The van der Waals surface area contributed by atoms with Gasteiger partial charge in [0.15, 0.2) is 0 Å². The molecule has 0 saturated heterocycles. The fourth-order valence-electron chi connectivity index (χ4n) is 2.07. The second kappa shape index (κ2) is 7.63. The van der Waals surface area contributed by atoms with E-state index in [0.717, 1.165) is 5.76 Å². The van der Waals surface area contributed by atoms with Crippen molar-refractivity contribution >= 4 is 21.6 Å². The molecule has 2 rings (SSSR count). The van der Waals surface area contributed by atoms with Crippen molar-refractivity contribution in [3.05, 3.63) is 48.4 Å². The Balaban J connectivity index is 1.98. The van der Waals surface area contributed by atoms with Gasteiger partial charge in [0.25, 0.3) is 0 Å². The Morgan fingerprint density at radius 3 is 2.42 bits per heavy atom. The summed E-state index contributed by atoms with van der Waals surface area (Å²) in [5.41, 5.74) is 0.561. The van der Waals surface area contributed by atoms with Gasteiger partial charge >= 0.3 is 0 Å². The third kappa shape index (κ3) is 4.46. The van der Waals surface area contributed by atoms with Gasteiger partial charge in [-0.25, -0.2) is 8.42 Å². The molecule has 0 radical (unpaired) electrons. The number of aryl methyl sites for hydroxylation is 1. The average molecular weight is 350 g/mol.